The zero-order valence-corrected chi connectivity index (χ0v) is 15.8. The van der Waals surface area contributed by atoms with Crippen molar-refractivity contribution in [3.05, 3.63) is 24.0 Å². The first kappa shape index (κ1) is 19.0. The van der Waals surface area contributed by atoms with Crippen molar-refractivity contribution in [2.45, 2.75) is 32.8 Å². The first-order chi connectivity index (χ1) is 11.5. The van der Waals surface area contributed by atoms with Gasteiger partial charge in [0.2, 0.25) is 0 Å². The summed E-state index contributed by atoms with van der Waals surface area (Å²) >= 11 is 0. The number of methoxy groups -OCH3 is 1. The third-order valence-electron chi connectivity index (χ3n) is 3.20. The number of fused-ring (bicyclic) bond motifs is 1. The van der Waals surface area contributed by atoms with Crippen LogP contribution in [0.25, 0.3) is 5.52 Å². The molecule has 140 valence electrons. The summed E-state index contributed by atoms with van der Waals surface area (Å²) in [6.45, 7) is 5.33. The molecule has 2 heterocycles. The summed E-state index contributed by atoms with van der Waals surface area (Å²) in [6, 6.07) is 3.46. The fraction of sp³-hybridized carbons (Fsp3) is 0.500. The van der Waals surface area contributed by atoms with Crippen molar-refractivity contribution in [1.82, 2.24) is 9.61 Å². The number of aromatic nitrogens is 2. The van der Waals surface area contributed by atoms with Crippen LogP contribution in [-0.4, -0.2) is 48.8 Å². The molecule has 2 rings (SSSR count). The Hall–Kier alpha value is -2.29. The van der Waals surface area contributed by atoms with E-state index < -0.39 is 21.5 Å². The highest BCUT2D eigenvalue weighted by Crippen LogP contribution is 2.27. The maximum Gasteiger partial charge on any atom is 0.412 e. The minimum atomic E-state index is -3.06. The second-order valence-electron chi connectivity index (χ2n) is 6.77. The minimum Gasteiger partial charge on any atom is -0.493 e. The lowest BCUT2D eigenvalue weighted by Gasteiger charge is -2.20. The molecule has 0 saturated carbocycles. The van der Waals surface area contributed by atoms with Gasteiger partial charge in [-0.25, -0.2) is 17.7 Å². The van der Waals surface area contributed by atoms with Crippen LogP contribution in [0.2, 0.25) is 0 Å². The normalized spacial score (nSPS) is 12.2. The molecule has 0 bridgehead atoms. The number of anilines is 1. The standard InChI is InChI=1S/C16H23N3O5S.H2/c1-16(2,3)24-15(20)17-13-9-12-8-11(6-7-25(5,21)22)18-19(12)10-14(13)23-4;/h8-10H,6-7H2,1-5H3,(H,17,20);1H. The van der Waals surface area contributed by atoms with E-state index in [9.17, 15) is 13.2 Å². The SMILES string of the molecule is COc1cn2nc(CCS(C)(=O)=O)cc2cc1NC(=O)OC(C)(C)C.[HH]. The second kappa shape index (κ2) is 6.91. The van der Waals surface area contributed by atoms with E-state index in [1.165, 1.54) is 13.4 Å². The van der Waals surface area contributed by atoms with Crippen molar-refractivity contribution in [1.29, 1.82) is 0 Å². The van der Waals surface area contributed by atoms with Gasteiger partial charge in [-0.1, -0.05) is 0 Å². The Morgan fingerprint density at radius 3 is 2.60 bits per heavy atom. The van der Waals surface area contributed by atoms with Crippen molar-refractivity contribution in [2.24, 2.45) is 0 Å². The molecule has 0 saturated heterocycles. The van der Waals surface area contributed by atoms with Crippen LogP contribution in [0.4, 0.5) is 10.5 Å². The van der Waals surface area contributed by atoms with Gasteiger partial charge in [-0.05, 0) is 32.9 Å². The monoisotopic (exact) mass is 371 g/mol. The van der Waals surface area contributed by atoms with E-state index >= 15 is 0 Å². The number of nitrogens with one attached hydrogen (secondary N) is 1. The van der Waals surface area contributed by atoms with Crippen molar-refractivity contribution in [3.8, 4) is 5.75 Å². The van der Waals surface area contributed by atoms with Gasteiger partial charge in [-0.3, -0.25) is 5.32 Å². The van der Waals surface area contributed by atoms with E-state index in [2.05, 4.69) is 10.4 Å². The molecule has 0 fully saturated rings. The molecule has 0 aliphatic rings. The topological polar surface area (TPSA) is 99.0 Å². The van der Waals surface area contributed by atoms with Crippen LogP contribution in [0.3, 0.4) is 0 Å². The molecule has 0 unspecified atom stereocenters. The summed E-state index contributed by atoms with van der Waals surface area (Å²) in [5.74, 6) is 0.438. The zero-order chi connectivity index (χ0) is 18.8. The molecule has 2 aromatic heterocycles. The molecule has 25 heavy (non-hydrogen) atoms. The lowest BCUT2D eigenvalue weighted by Crippen LogP contribution is -2.27. The Morgan fingerprint density at radius 1 is 1.36 bits per heavy atom. The van der Waals surface area contributed by atoms with Gasteiger partial charge in [-0.2, -0.15) is 5.10 Å². The molecule has 0 aliphatic carbocycles. The largest absolute Gasteiger partial charge is 0.493 e. The van der Waals surface area contributed by atoms with Gasteiger partial charge in [0, 0.05) is 14.1 Å². The van der Waals surface area contributed by atoms with Gasteiger partial charge >= 0.3 is 6.09 Å². The molecule has 8 nitrogen and oxygen atoms in total. The van der Waals surface area contributed by atoms with Gasteiger partial charge in [0.05, 0.1) is 36.0 Å². The van der Waals surface area contributed by atoms with Crippen molar-refractivity contribution >= 4 is 27.1 Å². The molecule has 0 aromatic carbocycles. The lowest BCUT2D eigenvalue weighted by atomic mass is 10.2. The maximum atomic E-state index is 12.0. The fourth-order valence-corrected chi connectivity index (χ4v) is 2.74. The number of hydrogen-bond donors (Lipinski definition) is 1. The third-order valence-corrected chi connectivity index (χ3v) is 4.14. The number of carbonyl (C=O) groups excluding carboxylic acids is 1. The van der Waals surface area contributed by atoms with E-state index in [1.807, 2.05) is 0 Å². The number of ether oxygens (including phenoxy) is 2. The van der Waals surface area contributed by atoms with E-state index in [4.69, 9.17) is 9.47 Å². The van der Waals surface area contributed by atoms with Gasteiger partial charge in [0.25, 0.3) is 0 Å². The Kier molecular flexibility index (Phi) is 5.26. The highest BCUT2D eigenvalue weighted by Gasteiger charge is 2.18. The van der Waals surface area contributed by atoms with Crippen LogP contribution in [0, 0.1) is 0 Å². The minimum absolute atomic E-state index is 0. The molecule has 0 aliphatic heterocycles. The Labute approximate surface area is 148 Å². The molecule has 9 heteroatoms. The van der Waals surface area contributed by atoms with Crippen LogP contribution < -0.4 is 10.1 Å². The quantitative estimate of drug-likeness (QED) is 0.867. The Bertz CT molecular complexity index is 887. The Morgan fingerprint density at radius 2 is 2.04 bits per heavy atom. The van der Waals surface area contributed by atoms with E-state index in [0.29, 0.717) is 29.1 Å². The molecule has 1 N–H and O–H groups in total. The van der Waals surface area contributed by atoms with Gasteiger partial charge < -0.3 is 9.47 Å². The maximum absolute atomic E-state index is 12.0. The number of aryl methyl sites for hydroxylation is 1. The average molecular weight is 371 g/mol. The van der Waals surface area contributed by atoms with Crippen LogP contribution in [0.5, 0.6) is 5.75 Å². The zero-order valence-electron chi connectivity index (χ0n) is 15.0. The predicted molar refractivity (Wildman–Crippen MR) is 97.1 cm³/mol. The molecule has 1 amide bonds. The molecule has 2 aromatic rings. The lowest BCUT2D eigenvalue weighted by molar-refractivity contribution is 0.0635. The molecular weight excluding hydrogens is 346 g/mol. The summed E-state index contributed by atoms with van der Waals surface area (Å²) < 4.78 is 34.7. The van der Waals surface area contributed by atoms with E-state index in [0.717, 1.165) is 0 Å². The number of pyridine rings is 1. The smallest absolute Gasteiger partial charge is 0.412 e. The first-order valence-corrected chi connectivity index (χ1v) is 9.77. The number of hydrogen-bond acceptors (Lipinski definition) is 6. The van der Waals surface area contributed by atoms with Crippen LogP contribution in [-0.2, 0) is 21.0 Å². The molecule has 0 radical (unpaired) electrons. The number of amides is 1. The molecular formula is C16H25N3O5S. The average Bonchev–Trinajstić information content (AvgIpc) is 2.83. The summed E-state index contributed by atoms with van der Waals surface area (Å²) in [5.41, 5.74) is 1.17. The number of nitrogens with zero attached hydrogens (tertiary/aromatic N) is 2. The van der Waals surface area contributed by atoms with Crippen LogP contribution >= 0.6 is 0 Å². The summed E-state index contributed by atoms with van der Waals surface area (Å²) in [7, 11) is -1.58. The predicted octanol–water partition coefficient (Wildman–Crippen LogP) is 2.52. The van der Waals surface area contributed by atoms with Crippen molar-refractivity contribution < 1.29 is 24.1 Å². The van der Waals surface area contributed by atoms with Gasteiger partial charge in [-0.15, -0.1) is 0 Å². The molecule has 0 atom stereocenters. The summed E-state index contributed by atoms with van der Waals surface area (Å²) in [5, 5.41) is 6.98. The molecule has 0 spiro atoms. The highest BCUT2D eigenvalue weighted by molar-refractivity contribution is 7.90. The van der Waals surface area contributed by atoms with Crippen LogP contribution in [0.1, 0.15) is 27.9 Å². The summed E-state index contributed by atoms with van der Waals surface area (Å²) in [6.07, 6.45) is 2.53. The highest BCUT2D eigenvalue weighted by atomic mass is 32.2. The Balaban J connectivity index is 0.00000338. The summed E-state index contributed by atoms with van der Waals surface area (Å²) in [4.78, 5) is 12.0. The van der Waals surface area contributed by atoms with Gasteiger partial charge in [0.1, 0.15) is 15.4 Å². The number of rotatable bonds is 5. The number of sulfone groups is 1. The number of carbonyl (C=O) groups is 1. The first-order valence-electron chi connectivity index (χ1n) is 7.71. The van der Waals surface area contributed by atoms with Crippen molar-refractivity contribution in [3.63, 3.8) is 0 Å². The van der Waals surface area contributed by atoms with E-state index in [-0.39, 0.29) is 7.18 Å². The van der Waals surface area contributed by atoms with Gasteiger partial charge in [0.15, 0.2) is 5.75 Å². The third kappa shape index (κ3) is 5.63. The van der Waals surface area contributed by atoms with Crippen LogP contribution in [0.15, 0.2) is 18.3 Å². The van der Waals surface area contributed by atoms with Crippen molar-refractivity contribution in [2.75, 3.05) is 24.4 Å². The van der Waals surface area contributed by atoms with E-state index in [1.54, 1.807) is 43.6 Å². The fourth-order valence-electron chi connectivity index (χ4n) is 2.16. The second-order valence-corrected chi connectivity index (χ2v) is 9.03.